The van der Waals surface area contributed by atoms with Gasteiger partial charge >= 0.3 is 18.2 Å². The van der Waals surface area contributed by atoms with E-state index in [1.165, 1.54) is 58.2 Å². The Morgan fingerprint density at radius 2 is 1.53 bits per heavy atom. The number of imidazole rings is 1. The van der Waals surface area contributed by atoms with Crippen molar-refractivity contribution in [2.75, 3.05) is 70.8 Å². The molecule has 0 unspecified atom stereocenters. The number of rotatable bonds is 10. The van der Waals surface area contributed by atoms with Gasteiger partial charge in [-0.1, -0.05) is 29.8 Å². The monoisotopic (exact) mass is 1010 g/mol. The summed E-state index contributed by atoms with van der Waals surface area (Å²) in [5, 5.41) is 8.01. The molecule has 3 aliphatic heterocycles. The van der Waals surface area contributed by atoms with Crippen molar-refractivity contribution in [1.29, 1.82) is 0 Å². The highest BCUT2D eigenvalue weighted by Crippen LogP contribution is 2.39. The molecule has 3 fully saturated rings. The van der Waals surface area contributed by atoms with Crippen LogP contribution < -0.4 is 5.32 Å². The maximum absolute atomic E-state index is 14.3. The van der Waals surface area contributed by atoms with E-state index in [0.29, 0.717) is 68.1 Å². The summed E-state index contributed by atoms with van der Waals surface area (Å²) in [7, 11) is 1.44. The van der Waals surface area contributed by atoms with Gasteiger partial charge in [0, 0.05) is 87.6 Å². The molecule has 5 aromatic rings. The molecular formula is C49H58ClF3N9O7S+. The van der Waals surface area contributed by atoms with Crippen molar-refractivity contribution in [1.82, 2.24) is 34.0 Å². The summed E-state index contributed by atoms with van der Waals surface area (Å²) in [4.78, 5) is 76.2. The molecule has 374 valence electrons. The van der Waals surface area contributed by atoms with E-state index in [2.05, 4.69) is 15.4 Å². The summed E-state index contributed by atoms with van der Waals surface area (Å²) in [6, 6.07) is 13.6. The Bertz CT molecular complexity index is 2770. The van der Waals surface area contributed by atoms with Gasteiger partial charge in [0.15, 0.2) is 18.1 Å². The molecule has 0 radical (unpaired) electrons. The lowest BCUT2D eigenvalue weighted by molar-refractivity contribution is -0.930. The molecule has 6 heterocycles. The number of quaternary nitrogens is 1. The van der Waals surface area contributed by atoms with Crippen LogP contribution in [0.5, 0.6) is 0 Å². The zero-order valence-electron chi connectivity index (χ0n) is 40.3. The number of carbonyl (C=O) groups is 5. The fraction of sp³-hybridized carbons (Fsp3) is 0.490. The van der Waals surface area contributed by atoms with Gasteiger partial charge in [-0.2, -0.15) is 18.3 Å². The first kappa shape index (κ1) is 50.4. The predicted octanol–water partition coefficient (Wildman–Crippen LogP) is 8.13. The molecule has 8 rings (SSSR count). The normalized spacial score (nSPS) is 19.2. The first-order valence-electron chi connectivity index (χ1n) is 23.3. The molecule has 70 heavy (non-hydrogen) atoms. The number of nitrogens with zero attached hydrogens (tertiary/aromatic N) is 8. The van der Waals surface area contributed by atoms with Gasteiger partial charge in [-0.05, 0) is 77.3 Å². The molecule has 0 aliphatic carbocycles. The quantitative estimate of drug-likeness (QED) is 0.108. The number of ether oxygens (including phenoxy) is 2. The maximum atomic E-state index is 14.3. The highest BCUT2D eigenvalue weighted by Gasteiger charge is 2.46. The molecule has 3 aliphatic rings. The first-order chi connectivity index (χ1) is 32.8. The zero-order chi connectivity index (χ0) is 50.5. The zero-order valence-corrected chi connectivity index (χ0v) is 41.8. The SMILES string of the molecule is Cn1c(-c2cn(-c3cc4ccccc4s3)nc2C(F)(F)F)cnc1C(=O)Nc1ccc(C(=O)N2CCN(C(=O)C3CC[N+](CC(=O)OC(C)(C)C)(CC4CN(C(=O)OC(C)(C)C)C4)CC3)CC2)c(Cl)c1. The number of fused-ring (bicyclic) bond motifs is 1. The minimum Gasteiger partial charge on any atom is -0.456 e. The molecule has 2 aromatic carbocycles. The van der Waals surface area contributed by atoms with Crippen molar-refractivity contribution in [3.8, 4) is 16.3 Å². The standard InChI is InChI=1S/C49H57ClF3N9O7S/c1-47(2,3)68-40(63)29-62(28-30-25-60(26-30)46(67)69-48(4,5)6)20-14-31(15-21-62)44(65)58-16-18-59(19-17-58)45(66)34-13-12-33(23-36(34)50)55-43(64)42-54-24-37(57(42)7)35-27-61(56-41(35)49(51,52)53)39-22-32-10-8-9-11-38(32)70-39/h8-13,22-24,27,30-31H,14-21,25-26,28-29H2,1-7H3/p+1. The average Bonchev–Trinajstić information content (AvgIpc) is 4.00. The molecule has 0 atom stereocenters. The number of esters is 1. The number of hydrogen-bond acceptors (Lipinski definition) is 10. The molecule has 3 aromatic heterocycles. The Hall–Kier alpha value is -5.99. The van der Waals surface area contributed by atoms with Crippen LogP contribution in [-0.2, 0) is 32.3 Å². The van der Waals surface area contributed by atoms with Crippen LogP contribution in [0.15, 0.2) is 60.9 Å². The van der Waals surface area contributed by atoms with Gasteiger partial charge in [0.2, 0.25) is 5.91 Å². The highest BCUT2D eigenvalue weighted by atomic mass is 35.5. The van der Waals surface area contributed by atoms with E-state index < -0.39 is 29.0 Å². The lowest BCUT2D eigenvalue weighted by Gasteiger charge is -2.49. The van der Waals surface area contributed by atoms with E-state index in [9.17, 15) is 37.1 Å². The largest absolute Gasteiger partial charge is 0.456 e. The number of aromatic nitrogens is 4. The van der Waals surface area contributed by atoms with Crippen LogP contribution in [0.25, 0.3) is 26.3 Å². The molecule has 16 nitrogen and oxygen atoms in total. The summed E-state index contributed by atoms with van der Waals surface area (Å²) in [5.41, 5.74) is -2.16. The third-order valence-corrected chi connectivity index (χ3v) is 14.2. The Labute approximate surface area is 412 Å². The average molecular weight is 1010 g/mol. The van der Waals surface area contributed by atoms with Gasteiger partial charge in [-0.3, -0.25) is 14.4 Å². The number of halogens is 4. The fourth-order valence-corrected chi connectivity index (χ4v) is 10.7. The molecule has 3 saturated heterocycles. The number of alkyl halides is 3. The number of carbonyl (C=O) groups excluding carboxylic acids is 5. The number of hydrogen-bond donors (Lipinski definition) is 1. The van der Waals surface area contributed by atoms with Crippen LogP contribution >= 0.6 is 22.9 Å². The Morgan fingerprint density at radius 1 is 0.871 bits per heavy atom. The second-order valence-electron chi connectivity index (χ2n) is 20.5. The third-order valence-electron chi connectivity index (χ3n) is 12.8. The molecule has 21 heteroatoms. The van der Waals surface area contributed by atoms with Crippen molar-refractivity contribution in [3.63, 3.8) is 0 Å². The van der Waals surface area contributed by atoms with Crippen LogP contribution in [0.2, 0.25) is 5.02 Å². The Kier molecular flexibility index (Phi) is 13.9. The smallest absolute Gasteiger partial charge is 0.435 e. The molecule has 0 bridgehead atoms. The highest BCUT2D eigenvalue weighted by molar-refractivity contribution is 7.21. The summed E-state index contributed by atoms with van der Waals surface area (Å²) in [6.45, 7) is 15.4. The van der Waals surface area contributed by atoms with Crippen molar-refractivity contribution in [2.45, 2.75) is 71.8 Å². The minimum absolute atomic E-state index is 0.0166. The second-order valence-corrected chi connectivity index (χ2v) is 22.0. The second kappa shape index (κ2) is 19.3. The summed E-state index contributed by atoms with van der Waals surface area (Å²) in [6.07, 6.45) is -1.51. The van der Waals surface area contributed by atoms with E-state index in [-0.39, 0.29) is 88.7 Å². The van der Waals surface area contributed by atoms with E-state index >= 15 is 0 Å². The van der Waals surface area contributed by atoms with Gasteiger partial charge < -0.3 is 38.5 Å². The molecule has 4 amide bonds. The van der Waals surface area contributed by atoms with Crippen LogP contribution in [0.3, 0.4) is 0 Å². The van der Waals surface area contributed by atoms with Crippen molar-refractivity contribution < 1.29 is 51.1 Å². The van der Waals surface area contributed by atoms with Crippen molar-refractivity contribution in [3.05, 3.63) is 83.0 Å². The Balaban J connectivity index is 0.854. The summed E-state index contributed by atoms with van der Waals surface area (Å²) < 4.78 is 58.1. The lowest BCUT2D eigenvalue weighted by Crippen LogP contribution is -2.64. The summed E-state index contributed by atoms with van der Waals surface area (Å²) in [5.74, 6) is -1.57. The molecule has 0 saturated carbocycles. The fourth-order valence-electron chi connectivity index (χ4n) is 9.47. The number of likely N-dealkylation sites (tertiary alicyclic amines) is 2. The topological polar surface area (TPSA) is 161 Å². The Morgan fingerprint density at radius 3 is 2.16 bits per heavy atom. The van der Waals surface area contributed by atoms with E-state index in [1.807, 2.05) is 65.8 Å². The van der Waals surface area contributed by atoms with Gasteiger partial charge in [-0.25, -0.2) is 19.3 Å². The van der Waals surface area contributed by atoms with E-state index in [1.54, 1.807) is 20.8 Å². The molecule has 1 N–H and O–H groups in total. The number of anilines is 1. The third kappa shape index (κ3) is 11.3. The van der Waals surface area contributed by atoms with Crippen LogP contribution in [0.1, 0.15) is 81.1 Å². The number of piperidine rings is 1. The van der Waals surface area contributed by atoms with E-state index in [0.717, 1.165) is 10.1 Å². The van der Waals surface area contributed by atoms with E-state index in [4.69, 9.17) is 21.1 Å². The van der Waals surface area contributed by atoms with Crippen LogP contribution in [-0.4, -0.2) is 145 Å². The number of piperazine rings is 1. The molecule has 0 spiro atoms. The van der Waals surface area contributed by atoms with Crippen molar-refractivity contribution in [2.24, 2.45) is 18.9 Å². The predicted molar refractivity (Wildman–Crippen MR) is 258 cm³/mol. The van der Waals surface area contributed by atoms with Gasteiger partial charge in [0.05, 0.1) is 47.7 Å². The molecular weight excluding hydrogens is 951 g/mol. The lowest BCUT2D eigenvalue weighted by atomic mass is 9.90. The minimum atomic E-state index is -4.80. The number of nitrogens with one attached hydrogen (secondary N) is 1. The van der Waals surface area contributed by atoms with Crippen LogP contribution in [0, 0.1) is 11.8 Å². The number of amides is 4. The maximum Gasteiger partial charge on any atom is 0.435 e. The van der Waals surface area contributed by atoms with Gasteiger partial charge in [-0.15, -0.1) is 11.3 Å². The first-order valence-corrected chi connectivity index (χ1v) is 24.5. The van der Waals surface area contributed by atoms with Gasteiger partial charge in [0.25, 0.3) is 11.8 Å². The van der Waals surface area contributed by atoms with Crippen molar-refractivity contribution >= 4 is 68.5 Å². The summed E-state index contributed by atoms with van der Waals surface area (Å²) >= 11 is 7.93. The number of thiophene rings is 1. The van der Waals surface area contributed by atoms with Gasteiger partial charge in [0.1, 0.15) is 16.2 Å². The van der Waals surface area contributed by atoms with Crippen LogP contribution in [0.4, 0.5) is 23.7 Å². The number of benzene rings is 2.